The summed E-state index contributed by atoms with van der Waals surface area (Å²) in [6.07, 6.45) is 0. The van der Waals surface area contributed by atoms with Crippen LogP contribution in [0.15, 0.2) is 9.90 Å². The lowest BCUT2D eigenvalue weighted by atomic mass is 10.3. The van der Waals surface area contributed by atoms with E-state index in [1.807, 2.05) is 12.3 Å². The molecule has 0 amide bonds. The predicted octanol–water partition coefficient (Wildman–Crippen LogP) is 2.94. The van der Waals surface area contributed by atoms with Gasteiger partial charge in [-0.15, -0.1) is 11.3 Å². The van der Waals surface area contributed by atoms with Gasteiger partial charge in [0.15, 0.2) is 5.82 Å². The van der Waals surface area contributed by atoms with E-state index >= 15 is 0 Å². The van der Waals surface area contributed by atoms with E-state index in [1.54, 1.807) is 11.8 Å². The average Bonchev–Trinajstić information content (AvgIpc) is 2.85. The van der Waals surface area contributed by atoms with Crippen LogP contribution in [0.3, 0.4) is 0 Å². The van der Waals surface area contributed by atoms with Crippen molar-refractivity contribution in [1.82, 2.24) is 10.1 Å². The molecular formula is C10H13N3OS2. The predicted molar refractivity (Wildman–Crippen MR) is 68.6 cm³/mol. The Bertz CT molecular complexity index is 478. The Morgan fingerprint density at radius 2 is 2.38 bits per heavy atom. The summed E-state index contributed by atoms with van der Waals surface area (Å²) in [4.78, 5) is 5.20. The number of aromatic nitrogens is 2. The molecule has 16 heavy (non-hydrogen) atoms. The smallest absolute Gasteiger partial charge is 0.270 e. The molecule has 0 spiro atoms. The summed E-state index contributed by atoms with van der Waals surface area (Å²) in [5.41, 5.74) is 7.72. The molecule has 2 aromatic heterocycles. The molecule has 2 heterocycles. The Morgan fingerprint density at radius 1 is 1.56 bits per heavy atom. The van der Waals surface area contributed by atoms with Crippen LogP contribution in [0, 0.1) is 6.92 Å². The summed E-state index contributed by atoms with van der Waals surface area (Å²) in [5, 5.41) is 5.92. The number of nitrogen functional groups attached to an aromatic ring is 1. The highest BCUT2D eigenvalue weighted by Crippen LogP contribution is 2.33. The van der Waals surface area contributed by atoms with Gasteiger partial charge in [0, 0.05) is 0 Å². The summed E-state index contributed by atoms with van der Waals surface area (Å²) in [6.45, 7) is 4.08. The Hall–Kier alpha value is -1.01. The Morgan fingerprint density at radius 3 is 3.00 bits per heavy atom. The summed E-state index contributed by atoms with van der Waals surface area (Å²) >= 11 is 3.30. The zero-order valence-corrected chi connectivity index (χ0v) is 10.8. The zero-order chi connectivity index (χ0) is 11.5. The minimum atomic E-state index is 0.530. The molecule has 0 aliphatic heterocycles. The largest absolute Gasteiger partial charge is 0.397 e. The van der Waals surface area contributed by atoms with E-state index in [-0.39, 0.29) is 0 Å². The molecule has 6 heteroatoms. The van der Waals surface area contributed by atoms with Crippen molar-refractivity contribution in [1.29, 1.82) is 0 Å². The number of nitrogens with two attached hydrogens (primary N) is 1. The molecule has 0 fully saturated rings. The van der Waals surface area contributed by atoms with Crippen LogP contribution in [-0.2, 0) is 5.75 Å². The van der Waals surface area contributed by atoms with Crippen LogP contribution in [-0.4, -0.2) is 15.9 Å². The highest BCUT2D eigenvalue weighted by Gasteiger charge is 2.14. The number of hydrogen-bond donors (Lipinski definition) is 1. The number of thioether (sulfide) groups is 1. The van der Waals surface area contributed by atoms with Gasteiger partial charge in [0.25, 0.3) is 5.89 Å². The number of thiophene rings is 1. The van der Waals surface area contributed by atoms with E-state index in [0.717, 1.165) is 33.5 Å². The fourth-order valence-electron chi connectivity index (χ4n) is 1.22. The second-order valence-electron chi connectivity index (χ2n) is 3.31. The average molecular weight is 255 g/mol. The van der Waals surface area contributed by atoms with Crippen LogP contribution in [0.4, 0.5) is 5.69 Å². The first kappa shape index (κ1) is 11.5. The van der Waals surface area contributed by atoms with Crippen molar-refractivity contribution in [3.05, 3.63) is 16.8 Å². The van der Waals surface area contributed by atoms with Gasteiger partial charge in [0.05, 0.1) is 11.4 Å². The van der Waals surface area contributed by atoms with Crippen molar-refractivity contribution >= 4 is 28.8 Å². The highest BCUT2D eigenvalue weighted by atomic mass is 32.2. The Labute approximate surface area is 102 Å². The minimum Gasteiger partial charge on any atom is -0.397 e. The third-order valence-electron chi connectivity index (χ3n) is 2.12. The first-order chi connectivity index (χ1) is 7.72. The summed E-state index contributed by atoms with van der Waals surface area (Å²) < 4.78 is 5.20. The van der Waals surface area contributed by atoms with Crippen molar-refractivity contribution in [2.45, 2.75) is 19.6 Å². The first-order valence-electron chi connectivity index (χ1n) is 4.96. The molecule has 2 N–H and O–H groups in total. The number of rotatable bonds is 4. The molecule has 4 nitrogen and oxygen atoms in total. The molecule has 0 unspecified atom stereocenters. The van der Waals surface area contributed by atoms with Crippen LogP contribution >= 0.6 is 23.1 Å². The van der Waals surface area contributed by atoms with Gasteiger partial charge in [-0.3, -0.25) is 0 Å². The van der Waals surface area contributed by atoms with Gasteiger partial charge in [-0.2, -0.15) is 16.7 Å². The Balaban J connectivity index is 2.21. The Kier molecular flexibility index (Phi) is 3.50. The van der Waals surface area contributed by atoms with Crippen molar-refractivity contribution in [2.75, 3.05) is 11.5 Å². The molecule has 0 bridgehead atoms. The minimum absolute atomic E-state index is 0.530. The molecule has 0 aliphatic rings. The molecule has 0 radical (unpaired) electrons. The van der Waals surface area contributed by atoms with Crippen molar-refractivity contribution in [3.63, 3.8) is 0 Å². The number of nitrogens with zero attached hydrogens (tertiary/aromatic N) is 2. The molecule has 86 valence electrons. The molecule has 2 rings (SSSR count). The third kappa shape index (κ3) is 2.22. The lowest BCUT2D eigenvalue weighted by molar-refractivity contribution is 0.426. The molecular weight excluding hydrogens is 242 g/mol. The summed E-state index contributed by atoms with van der Waals surface area (Å²) in [5.74, 6) is 3.09. The third-order valence-corrected chi connectivity index (χ3v) is 4.09. The fourth-order valence-corrected chi connectivity index (χ4v) is 2.61. The van der Waals surface area contributed by atoms with Gasteiger partial charge < -0.3 is 10.3 Å². The molecule has 0 atom stereocenters. The van der Waals surface area contributed by atoms with E-state index < -0.39 is 0 Å². The maximum atomic E-state index is 5.92. The van der Waals surface area contributed by atoms with E-state index in [2.05, 4.69) is 17.1 Å². The second-order valence-corrected chi connectivity index (χ2v) is 5.47. The number of aryl methyl sites for hydroxylation is 1. The van der Waals surface area contributed by atoms with Gasteiger partial charge >= 0.3 is 0 Å². The molecule has 0 aromatic carbocycles. The number of hydrogen-bond acceptors (Lipinski definition) is 6. The van der Waals surface area contributed by atoms with Gasteiger partial charge in [0.2, 0.25) is 0 Å². The lowest BCUT2D eigenvalue weighted by Crippen LogP contribution is -1.88. The van der Waals surface area contributed by atoms with Crippen LogP contribution in [0.5, 0.6) is 0 Å². The quantitative estimate of drug-likeness (QED) is 0.910. The number of anilines is 1. The van der Waals surface area contributed by atoms with Crippen molar-refractivity contribution < 1.29 is 4.52 Å². The van der Waals surface area contributed by atoms with E-state index in [1.165, 1.54) is 11.3 Å². The molecule has 0 aliphatic carbocycles. The zero-order valence-electron chi connectivity index (χ0n) is 9.19. The van der Waals surface area contributed by atoms with Crippen LogP contribution in [0.2, 0.25) is 0 Å². The maximum Gasteiger partial charge on any atom is 0.270 e. The standard InChI is InChI=1S/C10H13N3OS2/c1-3-15-5-7-12-10(14-13-7)9-8(11)6(2)4-16-9/h4H,3,5,11H2,1-2H3. The SMILES string of the molecule is CCSCc1noc(-c2scc(C)c2N)n1. The van der Waals surface area contributed by atoms with Gasteiger partial charge in [-0.25, -0.2) is 0 Å². The molecule has 2 aromatic rings. The highest BCUT2D eigenvalue weighted by molar-refractivity contribution is 7.98. The van der Waals surface area contributed by atoms with Gasteiger partial charge in [-0.05, 0) is 23.6 Å². The monoisotopic (exact) mass is 255 g/mol. The van der Waals surface area contributed by atoms with Crippen LogP contribution < -0.4 is 5.73 Å². The van der Waals surface area contributed by atoms with E-state index in [0.29, 0.717) is 5.89 Å². The lowest BCUT2D eigenvalue weighted by Gasteiger charge is -1.92. The van der Waals surface area contributed by atoms with Crippen LogP contribution in [0.1, 0.15) is 18.3 Å². The second kappa shape index (κ2) is 4.88. The normalized spacial score (nSPS) is 10.9. The topological polar surface area (TPSA) is 64.9 Å². The van der Waals surface area contributed by atoms with E-state index in [9.17, 15) is 0 Å². The fraction of sp³-hybridized carbons (Fsp3) is 0.400. The van der Waals surface area contributed by atoms with Crippen molar-refractivity contribution in [3.8, 4) is 10.8 Å². The van der Waals surface area contributed by atoms with E-state index in [4.69, 9.17) is 10.3 Å². The maximum absolute atomic E-state index is 5.92. The van der Waals surface area contributed by atoms with Crippen LogP contribution in [0.25, 0.3) is 10.8 Å². The summed E-state index contributed by atoms with van der Waals surface area (Å²) in [6, 6.07) is 0. The first-order valence-corrected chi connectivity index (χ1v) is 7.00. The molecule has 0 saturated carbocycles. The van der Waals surface area contributed by atoms with Gasteiger partial charge in [-0.1, -0.05) is 12.1 Å². The molecule has 0 saturated heterocycles. The van der Waals surface area contributed by atoms with Crippen molar-refractivity contribution in [2.24, 2.45) is 0 Å². The summed E-state index contributed by atoms with van der Waals surface area (Å²) in [7, 11) is 0. The van der Waals surface area contributed by atoms with Gasteiger partial charge in [0.1, 0.15) is 4.88 Å².